The van der Waals surface area contributed by atoms with Crippen molar-refractivity contribution in [3.63, 3.8) is 0 Å². The summed E-state index contributed by atoms with van der Waals surface area (Å²) in [5.74, 6) is 0. The second-order valence-corrected chi connectivity index (χ2v) is 4.24. The van der Waals surface area contributed by atoms with Crippen LogP contribution in [-0.4, -0.2) is 28.9 Å². The van der Waals surface area contributed by atoms with Crippen LogP contribution in [0.1, 0.15) is 27.8 Å². The Balaban J connectivity index is 3.50. The van der Waals surface area contributed by atoms with Crippen molar-refractivity contribution in [3.05, 3.63) is 27.8 Å². The summed E-state index contributed by atoms with van der Waals surface area (Å²) >= 11 is 0. The van der Waals surface area contributed by atoms with Crippen LogP contribution in [0.25, 0.3) is 0 Å². The average Bonchev–Trinajstić information content (AvgIpc) is 2.21. The molecule has 0 aliphatic carbocycles. The maximum absolute atomic E-state index is 9.36. The number of hydrogen-bond donors (Lipinski definition) is 3. The smallest absolute Gasteiger partial charge is 0.423 e. The van der Waals surface area contributed by atoms with Crippen LogP contribution < -0.4 is 5.46 Å². The molecule has 0 radical (unpaired) electrons. The quantitative estimate of drug-likeness (QED) is 0.637. The molecule has 0 aliphatic heterocycles. The SMILES string of the molecule is Cc1c(C)c(B(O)O)c(C)c(C)c1CCO. The molecule has 0 saturated carbocycles. The summed E-state index contributed by atoms with van der Waals surface area (Å²) in [6, 6.07) is 0. The molecule has 0 aliphatic rings. The van der Waals surface area contributed by atoms with Gasteiger partial charge in [0.05, 0.1) is 0 Å². The Hall–Kier alpha value is -0.835. The summed E-state index contributed by atoms with van der Waals surface area (Å²) in [4.78, 5) is 0. The van der Waals surface area contributed by atoms with Crippen molar-refractivity contribution < 1.29 is 15.2 Å². The van der Waals surface area contributed by atoms with E-state index >= 15 is 0 Å². The summed E-state index contributed by atoms with van der Waals surface area (Å²) in [5.41, 5.74) is 5.60. The van der Waals surface area contributed by atoms with Gasteiger partial charge in [-0.25, -0.2) is 0 Å². The molecule has 0 amide bonds. The summed E-state index contributed by atoms with van der Waals surface area (Å²) in [7, 11) is -1.43. The van der Waals surface area contributed by atoms with Crippen molar-refractivity contribution in [2.75, 3.05) is 6.61 Å². The van der Waals surface area contributed by atoms with Gasteiger partial charge in [-0.15, -0.1) is 0 Å². The van der Waals surface area contributed by atoms with Crippen LogP contribution in [0.15, 0.2) is 0 Å². The Morgan fingerprint density at radius 3 is 1.62 bits per heavy atom. The van der Waals surface area contributed by atoms with Gasteiger partial charge in [0.1, 0.15) is 0 Å². The van der Waals surface area contributed by atoms with Crippen molar-refractivity contribution in [2.45, 2.75) is 34.1 Å². The van der Waals surface area contributed by atoms with E-state index in [0.29, 0.717) is 11.9 Å². The minimum Gasteiger partial charge on any atom is -0.423 e. The zero-order chi connectivity index (χ0) is 12.5. The second-order valence-electron chi connectivity index (χ2n) is 4.24. The molecular weight excluding hydrogens is 203 g/mol. The van der Waals surface area contributed by atoms with Gasteiger partial charge in [0.25, 0.3) is 0 Å². The molecule has 0 bridgehead atoms. The van der Waals surface area contributed by atoms with Crippen molar-refractivity contribution in [3.8, 4) is 0 Å². The Morgan fingerprint density at radius 2 is 1.31 bits per heavy atom. The summed E-state index contributed by atoms with van der Waals surface area (Å²) in [6.45, 7) is 7.80. The zero-order valence-corrected chi connectivity index (χ0v) is 10.3. The third-order valence-electron chi connectivity index (χ3n) is 3.46. The molecule has 4 heteroatoms. The van der Waals surface area contributed by atoms with E-state index < -0.39 is 7.12 Å². The molecule has 1 aromatic carbocycles. The number of hydrogen-bond acceptors (Lipinski definition) is 3. The summed E-state index contributed by atoms with van der Waals surface area (Å²) in [6.07, 6.45) is 0.612. The molecule has 0 spiro atoms. The predicted octanol–water partition coefficient (Wildman–Crippen LogP) is 0.135. The van der Waals surface area contributed by atoms with Gasteiger partial charge in [-0.05, 0) is 67.4 Å². The first-order chi connectivity index (χ1) is 7.41. The number of aliphatic hydroxyl groups is 1. The van der Waals surface area contributed by atoms with Gasteiger partial charge in [-0.1, -0.05) is 0 Å². The van der Waals surface area contributed by atoms with Gasteiger partial charge in [0.2, 0.25) is 0 Å². The van der Waals surface area contributed by atoms with Crippen molar-refractivity contribution in [1.82, 2.24) is 0 Å². The molecule has 1 aromatic rings. The topological polar surface area (TPSA) is 60.7 Å². The fourth-order valence-electron chi connectivity index (χ4n) is 2.29. The monoisotopic (exact) mass is 222 g/mol. The predicted molar refractivity (Wildman–Crippen MR) is 66.0 cm³/mol. The van der Waals surface area contributed by atoms with Gasteiger partial charge >= 0.3 is 7.12 Å². The molecule has 3 N–H and O–H groups in total. The van der Waals surface area contributed by atoms with E-state index in [2.05, 4.69) is 0 Å². The van der Waals surface area contributed by atoms with E-state index in [1.54, 1.807) is 0 Å². The van der Waals surface area contributed by atoms with Crippen molar-refractivity contribution in [1.29, 1.82) is 0 Å². The zero-order valence-electron chi connectivity index (χ0n) is 10.3. The lowest BCUT2D eigenvalue weighted by molar-refractivity contribution is 0.299. The highest BCUT2D eigenvalue weighted by molar-refractivity contribution is 6.59. The largest absolute Gasteiger partial charge is 0.488 e. The van der Waals surface area contributed by atoms with Gasteiger partial charge in [0.15, 0.2) is 0 Å². The van der Waals surface area contributed by atoms with E-state index in [4.69, 9.17) is 5.11 Å². The summed E-state index contributed by atoms with van der Waals surface area (Å²) in [5, 5.41) is 27.8. The van der Waals surface area contributed by atoms with Crippen LogP contribution in [0.2, 0.25) is 0 Å². The maximum atomic E-state index is 9.36. The molecule has 0 fully saturated rings. The maximum Gasteiger partial charge on any atom is 0.488 e. The Morgan fingerprint density at radius 1 is 0.875 bits per heavy atom. The molecule has 1 rings (SSSR count). The normalized spacial score (nSPS) is 10.7. The van der Waals surface area contributed by atoms with Gasteiger partial charge < -0.3 is 15.2 Å². The van der Waals surface area contributed by atoms with Crippen LogP contribution in [0.5, 0.6) is 0 Å². The van der Waals surface area contributed by atoms with Crippen LogP contribution in [0, 0.1) is 27.7 Å². The first kappa shape index (κ1) is 13.2. The Kier molecular flexibility index (Phi) is 4.13. The van der Waals surface area contributed by atoms with Gasteiger partial charge in [-0.2, -0.15) is 0 Å². The minimum atomic E-state index is -1.43. The molecule has 0 aromatic heterocycles. The highest BCUT2D eigenvalue weighted by atomic mass is 16.4. The fourth-order valence-corrected chi connectivity index (χ4v) is 2.29. The molecule has 3 nitrogen and oxygen atoms in total. The van der Waals surface area contributed by atoms with Gasteiger partial charge in [0, 0.05) is 6.61 Å². The van der Waals surface area contributed by atoms with Gasteiger partial charge in [-0.3, -0.25) is 0 Å². The summed E-state index contributed by atoms with van der Waals surface area (Å²) < 4.78 is 0. The second kappa shape index (κ2) is 5.00. The molecule has 16 heavy (non-hydrogen) atoms. The van der Waals surface area contributed by atoms with Crippen LogP contribution in [0.3, 0.4) is 0 Å². The lowest BCUT2D eigenvalue weighted by Crippen LogP contribution is -2.36. The van der Waals surface area contributed by atoms with Crippen molar-refractivity contribution in [2.24, 2.45) is 0 Å². The highest BCUT2D eigenvalue weighted by Crippen LogP contribution is 2.20. The molecule has 0 atom stereocenters. The lowest BCUT2D eigenvalue weighted by atomic mass is 9.70. The number of benzene rings is 1. The molecule has 88 valence electrons. The molecule has 0 saturated heterocycles. The van der Waals surface area contributed by atoms with E-state index in [1.165, 1.54) is 0 Å². The van der Waals surface area contributed by atoms with E-state index in [1.807, 2.05) is 27.7 Å². The first-order valence-corrected chi connectivity index (χ1v) is 5.47. The number of aliphatic hydroxyl groups excluding tert-OH is 1. The van der Waals surface area contributed by atoms with E-state index in [-0.39, 0.29) is 6.61 Å². The van der Waals surface area contributed by atoms with Crippen LogP contribution >= 0.6 is 0 Å². The van der Waals surface area contributed by atoms with E-state index in [0.717, 1.165) is 27.8 Å². The third-order valence-corrected chi connectivity index (χ3v) is 3.46. The standard InChI is InChI=1S/C12H19BO3/c1-7-9(3)12(13(15)16)10(4)8(2)11(7)5-6-14/h14-16H,5-6H2,1-4H3. The lowest BCUT2D eigenvalue weighted by Gasteiger charge is -2.19. The highest BCUT2D eigenvalue weighted by Gasteiger charge is 2.22. The van der Waals surface area contributed by atoms with Crippen LogP contribution in [-0.2, 0) is 6.42 Å². The molecule has 0 unspecified atom stereocenters. The van der Waals surface area contributed by atoms with Crippen molar-refractivity contribution >= 4 is 12.6 Å². The number of rotatable bonds is 3. The Labute approximate surface area is 96.9 Å². The minimum absolute atomic E-state index is 0.113. The Bertz CT molecular complexity index is 371. The first-order valence-electron chi connectivity index (χ1n) is 5.47. The molecular formula is C12H19BO3. The molecule has 0 heterocycles. The van der Waals surface area contributed by atoms with Crippen LogP contribution in [0.4, 0.5) is 0 Å². The fraction of sp³-hybridized carbons (Fsp3) is 0.500. The van der Waals surface area contributed by atoms with E-state index in [9.17, 15) is 10.0 Å². The average molecular weight is 222 g/mol. The third kappa shape index (κ3) is 2.14.